The number of hydrogen-bond donors (Lipinski definition) is 1. The van der Waals surface area contributed by atoms with Crippen molar-refractivity contribution in [3.05, 3.63) is 29.8 Å². The van der Waals surface area contributed by atoms with Crippen LogP contribution >= 0.6 is 0 Å². The van der Waals surface area contributed by atoms with E-state index in [4.69, 9.17) is 5.26 Å². The zero-order valence-electron chi connectivity index (χ0n) is 11.9. The van der Waals surface area contributed by atoms with E-state index in [1.54, 1.807) is 0 Å². The monoisotopic (exact) mass is 257 g/mol. The largest absolute Gasteiger partial charge is 0.366 e. The Morgan fingerprint density at radius 3 is 2.95 bits per heavy atom. The highest BCUT2D eigenvalue weighted by Gasteiger charge is 2.23. The molecule has 1 aromatic rings. The number of nitriles is 1. The summed E-state index contributed by atoms with van der Waals surface area (Å²) in [7, 11) is 0. The Bertz CT molecular complexity index is 448. The van der Waals surface area contributed by atoms with Gasteiger partial charge in [-0.05, 0) is 30.5 Å². The van der Waals surface area contributed by atoms with E-state index in [1.807, 2.05) is 0 Å². The van der Waals surface area contributed by atoms with Crippen molar-refractivity contribution in [3.63, 3.8) is 0 Å². The lowest BCUT2D eigenvalue weighted by Crippen LogP contribution is -2.40. The summed E-state index contributed by atoms with van der Waals surface area (Å²) in [6.45, 7) is 7.44. The molecular formula is C16H23N3. The van der Waals surface area contributed by atoms with Crippen LogP contribution in [0.1, 0.15) is 38.2 Å². The molecule has 19 heavy (non-hydrogen) atoms. The van der Waals surface area contributed by atoms with Crippen LogP contribution in [0.15, 0.2) is 24.3 Å². The number of hydrogen-bond acceptors (Lipinski definition) is 3. The predicted octanol–water partition coefficient (Wildman–Crippen LogP) is 2.89. The van der Waals surface area contributed by atoms with Crippen LogP contribution in [0.2, 0.25) is 0 Å². The van der Waals surface area contributed by atoms with E-state index < -0.39 is 0 Å². The van der Waals surface area contributed by atoms with E-state index in [0.29, 0.717) is 12.3 Å². The SMILES string of the molecule is CC(C)c1ccccc1N1CCCNCC1CC#N. The number of nitrogens with one attached hydrogen (secondary N) is 1. The van der Waals surface area contributed by atoms with Crippen LogP contribution in [0.25, 0.3) is 0 Å². The van der Waals surface area contributed by atoms with Gasteiger partial charge in [0.15, 0.2) is 0 Å². The fourth-order valence-electron chi connectivity index (χ4n) is 2.78. The summed E-state index contributed by atoms with van der Waals surface area (Å²) < 4.78 is 0. The van der Waals surface area contributed by atoms with Gasteiger partial charge >= 0.3 is 0 Å². The van der Waals surface area contributed by atoms with Crippen molar-refractivity contribution in [3.8, 4) is 6.07 Å². The first-order valence-corrected chi connectivity index (χ1v) is 7.17. The fourth-order valence-corrected chi connectivity index (χ4v) is 2.78. The maximum atomic E-state index is 9.05. The minimum atomic E-state index is 0.285. The molecule has 0 saturated carbocycles. The third kappa shape index (κ3) is 3.27. The van der Waals surface area contributed by atoms with Crippen LogP contribution in [-0.4, -0.2) is 25.7 Å². The van der Waals surface area contributed by atoms with Gasteiger partial charge in [0, 0.05) is 18.8 Å². The topological polar surface area (TPSA) is 39.1 Å². The first kappa shape index (κ1) is 13.9. The van der Waals surface area contributed by atoms with Gasteiger partial charge in [-0.2, -0.15) is 5.26 Å². The molecule has 0 radical (unpaired) electrons. The Morgan fingerprint density at radius 2 is 2.21 bits per heavy atom. The summed E-state index contributed by atoms with van der Waals surface area (Å²) in [5, 5.41) is 12.5. The molecule has 0 aliphatic carbocycles. The molecule has 1 aliphatic rings. The zero-order chi connectivity index (χ0) is 13.7. The van der Waals surface area contributed by atoms with Crippen LogP contribution in [0, 0.1) is 11.3 Å². The number of benzene rings is 1. The number of para-hydroxylation sites is 1. The molecule has 3 nitrogen and oxygen atoms in total. The highest BCUT2D eigenvalue weighted by Crippen LogP contribution is 2.29. The Morgan fingerprint density at radius 1 is 1.42 bits per heavy atom. The molecule has 0 bridgehead atoms. The van der Waals surface area contributed by atoms with Gasteiger partial charge in [0.1, 0.15) is 0 Å². The Hall–Kier alpha value is -1.53. The summed E-state index contributed by atoms with van der Waals surface area (Å²) in [6, 6.07) is 11.2. The summed E-state index contributed by atoms with van der Waals surface area (Å²) >= 11 is 0. The molecule has 2 rings (SSSR count). The van der Waals surface area contributed by atoms with Gasteiger partial charge in [-0.25, -0.2) is 0 Å². The van der Waals surface area contributed by atoms with Gasteiger partial charge in [-0.15, -0.1) is 0 Å². The number of rotatable bonds is 3. The smallest absolute Gasteiger partial charge is 0.0643 e. The average molecular weight is 257 g/mol. The van der Waals surface area contributed by atoms with Crippen molar-refractivity contribution in [2.75, 3.05) is 24.5 Å². The van der Waals surface area contributed by atoms with Crippen LogP contribution in [0.3, 0.4) is 0 Å². The van der Waals surface area contributed by atoms with Crippen LogP contribution < -0.4 is 10.2 Å². The molecule has 1 N–H and O–H groups in total. The van der Waals surface area contributed by atoms with E-state index in [-0.39, 0.29) is 6.04 Å². The van der Waals surface area contributed by atoms with Crippen molar-refractivity contribution >= 4 is 5.69 Å². The molecule has 3 heteroatoms. The Kier molecular flexibility index (Phi) is 4.81. The summed E-state index contributed by atoms with van der Waals surface area (Å²) in [5.41, 5.74) is 2.69. The highest BCUT2D eigenvalue weighted by atomic mass is 15.2. The molecule has 1 aromatic carbocycles. The van der Waals surface area contributed by atoms with Gasteiger partial charge in [0.25, 0.3) is 0 Å². The standard InChI is InChI=1S/C16H23N3/c1-13(2)15-6-3-4-7-16(15)19-11-5-10-18-12-14(19)8-9-17/h3-4,6-7,13-14,18H,5,8,10-12H2,1-2H3. The second-order valence-corrected chi connectivity index (χ2v) is 5.48. The van der Waals surface area contributed by atoms with Crippen molar-refractivity contribution in [1.82, 2.24) is 5.32 Å². The Labute approximate surface area is 116 Å². The van der Waals surface area contributed by atoms with E-state index >= 15 is 0 Å². The second kappa shape index (κ2) is 6.58. The minimum Gasteiger partial charge on any atom is -0.366 e. The van der Waals surface area contributed by atoms with Gasteiger partial charge in [0.2, 0.25) is 0 Å². The summed E-state index contributed by atoms with van der Waals surface area (Å²) in [4.78, 5) is 2.43. The van der Waals surface area contributed by atoms with E-state index in [0.717, 1.165) is 26.1 Å². The first-order chi connectivity index (χ1) is 9.24. The lowest BCUT2D eigenvalue weighted by atomic mass is 9.99. The summed E-state index contributed by atoms with van der Waals surface area (Å²) in [6.07, 6.45) is 1.72. The molecule has 0 amide bonds. The molecular weight excluding hydrogens is 234 g/mol. The normalized spacial score (nSPS) is 20.1. The van der Waals surface area contributed by atoms with E-state index in [2.05, 4.69) is 54.4 Å². The van der Waals surface area contributed by atoms with Crippen molar-refractivity contribution in [2.24, 2.45) is 0 Å². The Balaban J connectivity index is 2.33. The molecule has 1 unspecified atom stereocenters. The van der Waals surface area contributed by atoms with Crippen molar-refractivity contribution < 1.29 is 0 Å². The van der Waals surface area contributed by atoms with Crippen LogP contribution in [0.4, 0.5) is 5.69 Å². The molecule has 1 fully saturated rings. The maximum Gasteiger partial charge on any atom is 0.0643 e. The maximum absolute atomic E-state index is 9.05. The minimum absolute atomic E-state index is 0.285. The quantitative estimate of drug-likeness (QED) is 0.905. The second-order valence-electron chi connectivity index (χ2n) is 5.48. The molecule has 0 spiro atoms. The molecule has 1 heterocycles. The number of anilines is 1. The lowest BCUT2D eigenvalue weighted by molar-refractivity contribution is 0.594. The zero-order valence-corrected chi connectivity index (χ0v) is 11.9. The van der Waals surface area contributed by atoms with Gasteiger partial charge in [-0.1, -0.05) is 32.0 Å². The molecule has 1 saturated heterocycles. The average Bonchev–Trinajstić information content (AvgIpc) is 2.64. The van der Waals surface area contributed by atoms with Crippen LogP contribution in [0.5, 0.6) is 0 Å². The van der Waals surface area contributed by atoms with Gasteiger partial charge < -0.3 is 10.2 Å². The first-order valence-electron chi connectivity index (χ1n) is 7.17. The van der Waals surface area contributed by atoms with Crippen molar-refractivity contribution in [2.45, 2.75) is 38.6 Å². The fraction of sp³-hybridized carbons (Fsp3) is 0.562. The molecule has 102 valence electrons. The van der Waals surface area contributed by atoms with E-state index in [9.17, 15) is 0 Å². The highest BCUT2D eigenvalue weighted by molar-refractivity contribution is 5.56. The molecule has 1 aliphatic heterocycles. The predicted molar refractivity (Wildman–Crippen MR) is 79.4 cm³/mol. The van der Waals surface area contributed by atoms with Crippen LogP contribution in [-0.2, 0) is 0 Å². The third-order valence-corrected chi connectivity index (χ3v) is 3.77. The number of nitrogens with zero attached hydrogens (tertiary/aromatic N) is 2. The van der Waals surface area contributed by atoms with E-state index in [1.165, 1.54) is 11.3 Å². The third-order valence-electron chi connectivity index (χ3n) is 3.77. The molecule has 0 aromatic heterocycles. The van der Waals surface area contributed by atoms with Gasteiger partial charge in [0.05, 0.1) is 18.5 Å². The van der Waals surface area contributed by atoms with Gasteiger partial charge in [-0.3, -0.25) is 0 Å². The van der Waals surface area contributed by atoms with Crippen molar-refractivity contribution in [1.29, 1.82) is 5.26 Å². The lowest BCUT2D eigenvalue weighted by Gasteiger charge is -2.33. The molecule has 1 atom stereocenters. The summed E-state index contributed by atoms with van der Waals surface area (Å²) in [5.74, 6) is 0.509.